The first-order chi connectivity index (χ1) is 17.2. The number of amides is 1. The van der Waals surface area contributed by atoms with Crippen molar-refractivity contribution in [3.05, 3.63) is 74.8 Å². The van der Waals surface area contributed by atoms with Crippen molar-refractivity contribution < 1.29 is 24.4 Å². The van der Waals surface area contributed by atoms with Gasteiger partial charge in [-0.3, -0.25) is 19.7 Å². The number of hydrogen-bond acceptors (Lipinski definition) is 7. The van der Waals surface area contributed by atoms with E-state index in [1.807, 2.05) is 6.92 Å². The first-order valence-electron chi connectivity index (χ1n) is 12.3. The fraction of sp³-hybridized carbons (Fsp3) is 0.407. The molecule has 2 atom stereocenters. The minimum Gasteiger partial charge on any atom is -0.507 e. The van der Waals surface area contributed by atoms with E-state index in [0.29, 0.717) is 30.5 Å². The number of non-ortho nitro benzene ring substituents is 1. The van der Waals surface area contributed by atoms with E-state index in [0.717, 1.165) is 30.9 Å². The number of ketones is 1. The fourth-order valence-electron chi connectivity index (χ4n) is 4.96. The molecule has 2 aromatic carbocycles. The van der Waals surface area contributed by atoms with E-state index >= 15 is 0 Å². The van der Waals surface area contributed by atoms with Crippen molar-refractivity contribution >= 4 is 23.1 Å². The second-order valence-corrected chi connectivity index (χ2v) is 9.18. The predicted octanol–water partition coefficient (Wildman–Crippen LogP) is 4.07. The largest absolute Gasteiger partial charge is 0.507 e. The van der Waals surface area contributed by atoms with Crippen LogP contribution < -0.4 is 4.74 Å². The van der Waals surface area contributed by atoms with Crippen LogP contribution in [0.4, 0.5) is 5.69 Å². The van der Waals surface area contributed by atoms with Crippen molar-refractivity contribution in [1.29, 1.82) is 0 Å². The Balaban J connectivity index is 1.74. The van der Waals surface area contributed by atoms with Crippen molar-refractivity contribution in [2.24, 2.45) is 0 Å². The molecule has 0 spiro atoms. The molecule has 4 rings (SSSR count). The second-order valence-electron chi connectivity index (χ2n) is 9.18. The van der Waals surface area contributed by atoms with Gasteiger partial charge in [-0.05, 0) is 74.4 Å². The van der Waals surface area contributed by atoms with Gasteiger partial charge in [0.25, 0.3) is 17.4 Å². The molecule has 190 valence electrons. The molecule has 0 bridgehead atoms. The van der Waals surface area contributed by atoms with Crippen LogP contribution >= 0.6 is 0 Å². The molecular weight excluding hydrogens is 462 g/mol. The normalized spacial score (nSPS) is 20.6. The first-order valence-corrected chi connectivity index (χ1v) is 12.3. The number of hydrogen-bond donors (Lipinski definition) is 1. The topological polar surface area (TPSA) is 113 Å². The van der Waals surface area contributed by atoms with E-state index in [2.05, 4.69) is 18.7 Å². The average Bonchev–Trinajstić information content (AvgIpc) is 3.37. The molecular formula is C27H31N3O6. The van der Waals surface area contributed by atoms with Crippen molar-refractivity contribution in [3.63, 3.8) is 0 Å². The van der Waals surface area contributed by atoms with Crippen LogP contribution in [0, 0.1) is 10.1 Å². The number of rotatable bonds is 9. The molecule has 36 heavy (non-hydrogen) atoms. The summed E-state index contributed by atoms with van der Waals surface area (Å²) in [5, 5.41) is 22.5. The summed E-state index contributed by atoms with van der Waals surface area (Å²) < 4.78 is 5.74. The number of aliphatic hydroxyl groups is 1. The monoisotopic (exact) mass is 493 g/mol. The molecule has 0 unspecified atom stereocenters. The van der Waals surface area contributed by atoms with Crippen LogP contribution in [0.1, 0.15) is 49.9 Å². The number of Topliss-reactive ketones (excluding diaryl/α,β-unsaturated/α-hetero) is 1. The maximum atomic E-state index is 13.2. The van der Waals surface area contributed by atoms with Gasteiger partial charge in [0.1, 0.15) is 17.6 Å². The summed E-state index contributed by atoms with van der Waals surface area (Å²) in [7, 11) is 0. The highest BCUT2D eigenvalue weighted by molar-refractivity contribution is 6.46. The summed E-state index contributed by atoms with van der Waals surface area (Å²) in [5.41, 5.74) is 1.78. The zero-order valence-corrected chi connectivity index (χ0v) is 20.8. The second kappa shape index (κ2) is 10.5. The van der Waals surface area contributed by atoms with Crippen LogP contribution in [-0.2, 0) is 16.0 Å². The molecule has 2 aliphatic heterocycles. The molecule has 1 amide bonds. The summed E-state index contributed by atoms with van der Waals surface area (Å²) in [4.78, 5) is 40.7. The van der Waals surface area contributed by atoms with Crippen molar-refractivity contribution in [3.8, 4) is 5.75 Å². The van der Waals surface area contributed by atoms with E-state index in [-0.39, 0.29) is 23.1 Å². The zero-order chi connectivity index (χ0) is 26.0. The van der Waals surface area contributed by atoms with Crippen LogP contribution in [0.25, 0.3) is 5.76 Å². The van der Waals surface area contributed by atoms with Gasteiger partial charge < -0.3 is 19.6 Å². The summed E-state index contributed by atoms with van der Waals surface area (Å²) in [6.07, 6.45) is 1.35. The van der Waals surface area contributed by atoms with Crippen molar-refractivity contribution in [1.82, 2.24) is 9.80 Å². The first kappa shape index (κ1) is 25.4. The van der Waals surface area contributed by atoms with Crippen LogP contribution in [-0.4, -0.2) is 63.8 Å². The summed E-state index contributed by atoms with van der Waals surface area (Å²) in [6, 6.07) is 10.1. The Morgan fingerprint density at radius 1 is 1.17 bits per heavy atom. The lowest BCUT2D eigenvalue weighted by atomic mass is 9.94. The SMILES string of the molecule is CCN(CC)CCCN1C(=O)C(=O)C(=C(O)c2ccc3c(c2)C[C@H](C)O3)[C@H]1c1ccc([N+](=O)[O-])cc1. The lowest BCUT2D eigenvalue weighted by Crippen LogP contribution is -2.33. The van der Waals surface area contributed by atoms with Gasteiger partial charge in [-0.1, -0.05) is 13.8 Å². The highest BCUT2D eigenvalue weighted by Gasteiger charge is 2.46. The average molecular weight is 494 g/mol. The third-order valence-electron chi connectivity index (χ3n) is 6.90. The number of nitro groups is 1. The fourth-order valence-corrected chi connectivity index (χ4v) is 4.96. The highest BCUT2D eigenvalue weighted by Crippen LogP contribution is 2.41. The number of aliphatic hydroxyl groups excluding tert-OH is 1. The molecule has 1 saturated heterocycles. The molecule has 0 aromatic heterocycles. The van der Waals surface area contributed by atoms with Crippen LogP contribution in [0.5, 0.6) is 5.75 Å². The number of likely N-dealkylation sites (tertiary alicyclic amines) is 1. The lowest BCUT2D eigenvalue weighted by molar-refractivity contribution is -0.384. The Hall–Kier alpha value is -3.72. The quantitative estimate of drug-likeness (QED) is 0.184. The van der Waals surface area contributed by atoms with Gasteiger partial charge in [0, 0.05) is 30.7 Å². The molecule has 9 heteroatoms. The maximum Gasteiger partial charge on any atom is 0.295 e. The third kappa shape index (κ3) is 4.83. The van der Waals surface area contributed by atoms with Gasteiger partial charge in [-0.25, -0.2) is 0 Å². The molecule has 9 nitrogen and oxygen atoms in total. The Bertz CT molecular complexity index is 1200. The van der Waals surface area contributed by atoms with Gasteiger partial charge in [0.15, 0.2) is 0 Å². The summed E-state index contributed by atoms with van der Waals surface area (Å²) >= 11 is 0. The number of fused-ring (bicyclic) bond motifs is 1. The Morgan fingerprint density at radius 3 is 2.50 bits per heavy atom. The van der Waals surface area contributed by atoms with Crippen molar-refractivity contribution in [2.75, 3.05) is 26.2 Å². The Kier molecular flexibility index (Phi) is 7.40. The summed E-state index contributed by atoms with van der Waals surface area (Å²) in [6.45, 7) is 8.91. The van der Waals surface area contributed by atoms with Gasteiger partial charge in [0.05, 0.1) is 16.5 Å². The highest BCUT2D eigenvalue weighted by atomic mass is 16.6. The molecule has 2 heterocycles. The molecule has 2 aliphatic rings. The molecule has 1 fully saturated rings. The predicted molar refractivity (Wildman–Crippen MR) is 135 cm³/mol. The number of ether oxygens (including phenoxy) is 1. The van der Waals surface area contributed by atoms with E-state index in [1.165, 1.54) is 29.2 Å². The smallest absolute Gasteiger partial charge is 0.295 e. The van der Waals surface area contributed by atoms with Gasteiger partial charge in [-0.2, -0.15) is 0 Å². The standard InChI is InChI=1S/C27H31N3O6/c1-4-28(5-2)13-6-14-29-24(18-7-10-21(11-8-18)30(34)35)23(26(32)27(29)33)25(31)19-9-12-22-20(16-19)15-17(3)36-22/h7-12,16-17,24,31H,4-6,13-15H2,1-3H3/t17-,24+/m0/s1. The van der Waals surface area contributed by atoms with Gasteiger partial charge >= 0.3 is 0 Å². The van der Waals surface area contributed by atoms with E-state index in [1.54, 1.807) is 18.2 Å². The lowest BCUT2D eigenvalue weighted by Gasteiger charge is -2.26. The third-order valence-corrected chi connectivity index (χ3v) is 6.90. The number of nitrogens with zero attached hydrogens (tertiary/aromatic N) is 3. The number of carbonyl (C=O) groups excluding carboxylic acids is 2. The molecule has 0 aliphatic carbocycles. The van der Waals surface area contributed by atoms with E-state index < -0.39 is 22.7 Å². The Morgan fingerprint density at radius 2 is 1.86 bits per heavy atom. The number of benzene rings is 2. The summed E-state index contributed by atoms with van der Waals surface area (Å²) in [5.74, 6) is -0.963. The van der Waals surface area contributed by atoms with Crippen LogP contribution in [0.2, 0.25) is 0 Å². The molecule has 1 N–H and O–H groups in total. The zero-order valence-electron chi connectivity index (χ0n) is 20.8. The van der Waals surface area contributed by atoms with Gasteiger partial charge in [-0.15, -0.1) is 0 Å². The van der Waals surface area contributed by atoms with Crippen LogP contribution in [0.3, 0.4) is 0 Å². The molecule has 0 saturated carbocycles. The van der Waals surface area contributed by atoms with E-state index in [4.69, 9.17) is 4.74 Å². The van der Waals surface area contributed by atoms with E-state index in [9.17, 15) is 24.8 Å². The van der Waals surface area contributed by atoms with Gasteiger partial charge in [0.2, 0.25) is 0 Å². The molecule has 0 radical (unpaired) electrons. The minimum atomic E-state index is -0.842. The minimum absolute atomic E-state index is 0.0105. The maximum absolute atomic E-state index is 13.2. The molecule has 2 aromatic rings. The number of nitro benzene ring substituents is 1. The van der Waals surface area contributed by atoms with Crippen LogP contribution in [0.15, 0.2) is 48.0 Å². The number of carbonyl (C=O) groups is 2. The Labute approximate surface area is 210 Å². The van der Waals surface area contributed by atoms with Crippen molar-refractivity contribution in [2.45, 2.75) is 45.8 Å².